The summed E-state index contributed by atoms with van der Waals surface area (Å²) in [5.41, 5.74) is -0.338. The SMILES string of the molecule is CCCn1c(C=O)nc2c1c(=O)n(C)c(=O)n2C. The third-order valence-electron chi connectivity index (χ3n) is 2.93. The molecule has 2 heterocycles. The van der Waals surface area contributed by atoms with Crippen molar-refractivity contribution in [3.63, 3.8) is 0 Å². The summed E-state index contributed by atoms with van der Waals surface area (Å²) in [5.74, 6) is 0.171. The molecular weight excluding hydrogens is 236 g/mol. The van der Waals surface area contributed by atoms with Crippen LogP contribution >= 0.6 is 0 Å². The van der Waals surface area contributed by atoms with Crippen LogP contribution in [0.5, 0.6) is 0 Å². The van der Waals surface area contributed by atoms with Crippen molar-refractivity contribution in [2.24, 2.45) is 14.1 Å². The Morgan fingerprint density at radius 1 is 1.22 bits per heavy atom. The van der Waals surface area contributed by atoms with Crippen molar-refractivity contribution in [3.8, 4) is 0 Å². The zero-order chi connectivity index (χ0) is 13.4. The zero-order valence-corrected chi connectivity index (χ0v) is 10.5. The molecule has 0 aliphatic carbocycles. The molecule has 0 aliphatic rings. The number of aryl methyl sites for hydroxylation is 2. The summed E-state index contributed by atoms with van der Waals surface area (Å²) < 4.78 is 3.85. The van der Waals surface area contributed by atoms with E-state index in [9.17, 15) is 14.4 Å². The number of hydrogen-bond donors (Lipinski definition) is 0. The van der Waals surface area contributed by atoms with Gasteiger partial charge < -0.3 is 4.57 Å². The van der Waals surface area contributed by atoms with E-state index in [1.807, 2.05) is 6.92 Å². The van der Waals surface area contributed by atoms with Crippen LogP contribution in [-0.2, 0) is 20.6 Å². The lowest BCUT2D eigenvalue weighted by molar-refractivity contribution is 0.111. The number of imidazole rings is 1. The fourth-order valence-electron chi connectivity index (χ4n) is 2.00. The number of carbonyl (C=O) groups is 1. The van der Waals surface area contributed by atoms with Crippen molar-refractivity contribution in [3.05, 3.63) is 26.7 Å². The van der Waals surface area contributed by atoms with Gasteiger partial charge in [0.2, 0.25) is 0 Å². The summed E-state index contributed by atoms with van der Waals surface area (Å²) in [4.78, 5) is 38.9. The average molecular weight is 250 g/mol. The van der Waals surface area contributed by atoms with Crippen LogP contribution in [0.4, 0.5) is 0 Å². The topological polar surface area (TPSA) is 78.9 Å². The van der Waals surface area contributed by atoms with Gasteiger partial charge in [0.1, 0.15) is 0 Å². The first-order valence-electron chi connectivity index (χ1n) is 5.64. The van der Waals surface area contributed by atoms with E-state index in [-0.39, 0.29) is 11.5 Å². The molecule has 0 saturated carbocycles. The molecule has 0 spiro atoms. The van der Waals surface area contributed by atoms with Crippen LogP contribution in [0.15, 0.2) is 9.59 Å². The van der Waals surface area contributed by atoms with Crippen LogP contribution in [0.25, 0.3) is 11.2 Å². The standard InChI is InChI=1S/C11H14N4O3/c1-4-5-15-7(6-16)12-9-8(15)10(17)14(3)11(18)13(9)2/h6H,4-5H2,1-3H3. The first-order chi connectivity index (χ1) is 8.52. The van der Waals surface area contributed by atoms with E-state index >= 15 is 0 Å². The van der Waals surface area contributed by atoms with E-state index in [2.05, 4.69) is 4.98 Å². The minimum atomic E-state index is -0.453. The van der Waals surface area contributed by atoms with Crippen LogP contribution in [0.3, 0.4) is 0 Å². The van der Waals surface area contributed by atoms with E-state index in [0.29, 0.717) is 18.3 Å². The Morgan fingerprint density at radius 3 is 2.44 bits per heavy atom. The highest BCUT2D eigenvalue weighted by Gasteiger charge is 2.17. The maximum atomic E-state index is 12.1. The number of hydrogen-bond acceptors (Lipinski definition) is 4. The molecule has 96 valence electrons. The largest absolute Gasteiger partial charge is 0.332 e. The molecular formula is C11H14N4O3. The van der Waals surface area contributed by atoms with Gasteiger partial charge in [0, 0.05) is 20.6 Å². The third-order valence-corrected chi connectivity index (χ3v) is 2.93. The number of nitrogens with zero attached hydrogens (tertiary/aromatic N) is 4. The van der Waals surface area contributed by atoms with Gasteiger partial charge in [0.15, 0.2) is 23.3 Å². The smallest absolute Gasteiger partial charge is 0.316 e. The van der Waals surface area contributed by atoms with Crippen LogP contribution in [0.2, 0.25) is 0 Å². The number of aldehydes is 1. The van der Waals surface area contributed by atoms with Crippen LogP contribution in [0.1, 0.15) is 24.0 Å². The summed E-state index contributed by atoms with van der Waals surface area (Å²) in [7, 11) is 2.94. The number of carbonyl (C=O) groups excluding carboxylic acids is 1. The number of aromatic nitrogens is 4. The van der Waals surface area contributed by atoms with Gasteiger partial charge in [-0.25, -0.2) is 9.78 Å². The van der Waals surface area contributed by atoms with E-state index < -0.39 is 11.2 Å². The lowest BCUT2D eigenvalue weighted by Gasteiger charge is -2.05. The first-order valence-corrected chi connectivity index (χ1v) is 5.64. The zero-order valence-electron chi connectivity index (χ0n) is 10.5. The fourth-order valence-corrected chi connectivity index (χ4v) is 2.00. The monoisotopic (exact) mass is 250 g/mol. The Hall–Kier alpha value is -2.18. The van der Waals surface area contributed by atoms with Gasteiger partial charge in [-0.3, -0.25) is 18.7 Å². The third kappa shape index (κ3) is 1.51. The molecule has 0 radical (unpaired) electrons. The minimum absolute atomic E-state index is 0.171. The molecule has 2 aromatic heterocycles. The summed E-state index contributed by atoms with van der Waals surface area (Å²) >= 11 is 0. The highest BCUT2D eigenvalue weighted by atomic mass is 16.2. The van der Waals surface area contributed by atoms with Crippen molar-refractivity contribution in [1.82, 2.24) is 18.7 Å². The highest BCUT2D eigenvalue weighted by molar-refractivity contribution is 5.80. The molecule has 7 heteroatoms. The molecule has 0 atom stereocenters. The average Bonchev–Trinajstić information content (AvgIpc) is 2.73. The van der Waals surface area contributed by atoms with E-state index in [4.69, 9.17) is 0 Å². The summed E-state index contributed by atoms with van der Waals surface area (Å²) in [6.07, 6.45) is 1.36. The molecule has 0 bridgehead atoms. The van der Waals surface area contributed by atoms with Crippen molar-refractivity contribution < 1.29 is 4.79 Å². The van der Waals surface area contributed by atoms with Gasteiger partial charge >= 0.3 is 5.69 Å². The molecule has 18 heavy (non-hydrogen) atoms. The molecule has 0 amide bonds. The predicted octanol–water partition coefficient (Wildman–Crippen LogP) is -0.344. The molecule has 0 N–H and O–H groups in total. The number of fused-ring (bicyclic) bond motifs is 1. The lowest BCUT2D eigenvalue weighted by Crippen LogP contribution is -2.37. The molecule has 0 aromatic carbocycles. The Balaban J connectivity index is 3.04. The normalized spacial score (nSPS) is 11.1. The quantitative estimate of drug-likeness (QED) is 0.698. The van der Waals surface area contributed by atoms with E-state index in [1.165, 1.54) is 18.7 Å². The minimum Gasteiger partial charge on any atom is -0.316 e. The van der Waals surface area contributed by atoms with Crippen molar-refractivity contribution in [1.29, 1.82) is 0 Å². The second kappa shape index (κ2) is 4.25. The maximum absolute atomic E-state index is 12.1. The van der Waals surface area contributed by atoms with Crippen molar-refractivity contribution in [2.75, 3.05) is 0 Å². The van der Waals surface area contributed by atoms with E-state index in [1.54, 1.807) is 4.57 Å². The van der Waals surface area contributed by atoms with Crippen LogP contribution < -0.4 is 11.2 Å². The summed E-state index contributed by atoms with van der Waals surface area (Å²) in [6.45, 7) is 2.45. The predicted molar refractivity (Wildman–Crippen MR) is 65.9 cm³/mol. The van der Waals surface area contributed by atoms with Crippen LogP contribution in [0, 0.1) is 0 Å². The molecule has 0 aliphatic heterocycles. The molecule has 7 nitrogen and oxygen atoms in total. The molecule has 0 unspecified atom stereocenters. The first kappa shape index (κ1) is 12.3. The molecule has 0 saturated heterocycles. The molecule has 0 fully saturated rings. The number of rotatable bonds is 3. The van der Waals surface area contributed by atoms with Gasteiger partial charge in [-0.1, -0.05) is 6.92 Å². The Morgan fingerprint density at radius 2 is 1.89 bits per heavy atom. The highest BCUT2D eigenvalue weighted by Crippen LogP contribution is 2.10. The van der Waals surface area contributed by atoms with Crippen molar-refractivity contribution >= 4 is 17.5 Å². The van der Waals surface area contributed by atoms with Crippen molar-refractivity contribution in [2.45, 2.75) is 19.9 Å². The van der Waals surface area contributed by atoms with Gasteiger partial charge in [-0.05, 0) is 6.42 Å². The molecule has 2 aromatic rings. The summed E-state index contributed by atoms with van der Waals surface area (Å²) in [6, 6.07) is 0. The van der Waals surface area contributed by atoms with Crippen LogP contribution in [-0.4, -0.2) is 25.0 Å². The fraction of sp³-hybridized carbons (Fsp3) is 0.455. The second-order valence-corrected chi connectivity index (χ2v) is 4.12. The Labute approximate surface area is 102 Å². The Bertz CT molecular complexity index is 735. The van der Waals surface area contributed by atoms with Gasteiger partial charge in [-0.15, -0.1) is 0 Å². The van der Waals surface area contributed by atoms with E-state index in [0.717, 1.165) is 11.0 Å². The lowest BCUT2D eigenvalue weighted by atomic mass is 10.4. The van der Waals surface area contributed by atoms with Gasteiger partial charge in [0.25, 0.3) is 5.56 Å². The molecule has 2 rings (SSSR count). The Kier molecular flexibility index (Phi) is 2.90. The maximum Gasteiger partial charge on any atom is 0.332 e. The van der Waals surface area contributed by atoms with Gasteiger partial charge in [0.05, 0.1) is 0 Å². The second-order valence-electron chi connectivity index (χ2n) is 4.12. The summed E-state index contributed by atoms with van der Waals surface area (Å²) in [5, 5.41) is 0. The van der Waals surface area contributed by atoms with Gasteiger partial charge in [-0.2, -0.15) is 0 Å².